The van der Waals surface area contributed by atoms with Crippen LogP contribution in [0.2, 0.25) is 0 Å². The Bertz CT molecular complexity index is 525. The second-order valence-electron chi connectivity index (χ2n) is 3.11. The highest BCUT2D eigenvalue weighted by Gasteiger charge is 2.12. The molecule has 1 heterocycles. The number of rotatable bonds is 2. The van der Waals surface area contributed by atoms with E-state index in [1.54, 1.807) is 24.3 Å². The van der Waals surface area contributed by atoms with Gasteiger partial charge < -0.3 is 5.11 Å². The number of carbonyl (C=O) groups is 1. The molecule has 15 heavy (non-hydrogen) atoms. The van der Waals surface area contributed by atoms with Crippen molar-refractivity contribution in [3.63, 3.8) is 0 Å². The fraction of sp³-hybridized carbons (Fsp3) is 0.0909. The van der Waals surface area contributed by atoms with E-state index in [0.717, 1.165) is 0 Å². The van der Waals surface area contributed by atoms with Crippen LogP contribution < -0.4 is 0 Å². The first-order valence-corrected chi connectivity index (χ1v) is 4.40. The monoisotopic (exact) mass is 205 g/mol. The molecule has 0 unspecified atom stereocenters. The largest absolute Gasteiger partial charge is 0.478 e. The minimum absolute atomic E-state index is 0.0267. The predicted octanol–water partition coefficient (Wildman–Crippen LogP) is 2.40. The molecule has 3 nitrogen and oxygen atoms in total. The minimum Gasteiger partial charge on any atom is -0.478 e. The lowest BCUT2D eigenvalue weighted by atomic mass is 10.1. The summed E-state index contributed by atoms with van der Waals surface area (Å²) >= 11 is 0. The summed E-state index contributed by atoms with van der Waals surface area (Å²) in [4.78, 5) is 14.8. The Morgan fingerprint density at radius 2 is 2.13 bits per heavy atom. The summed E-state index contributed by atoms with van der Waals surface area (Å²) in [5.41, 5.74) is 0.507. The standard InChI is InChI=1S/C11H8FNO2/c12-6-10-8(11(14)15)5-7-3-1-2-4-9(7)13-10/h1-5H,6H2,(H,14,15). The van der Waals surface area contributed by atoms with Crippen LogP contribution >= 0.6 is 0 Å². The van der Waals surface area contributed by atoms with Gasteiger partial charge in [-0.3, -0.25) is 0 Å². The van der Waals surface area contributed by atoms with Gasteiger partial charge in [0.05, 0.1) is 16.8 Å². The number of fused-ring (bicyclic) bond motifs is 1. The third-order valence-corrected chi connectivity index (χ3v) is 2.16. The van der Waals surface area contributed by atoms with Crippen molar-refractivity contribution in [1.29, 1.82) is 0 Å². The molecule has 1 N–H and O–H groups in total. The molecule has 1 aromatic heterocycles. The van der Waals surface area contributed by atoms with Gasteiger partial charge in [-0.25, -0.2) is 14.2 Å². The zero-order valence-electron chi connectivity index (χ0n) is 7.77. The average molecular weight is 205 g/mol. The first-order valence-electron chi connectivity index (χ1n) is 4.40. The fourth-order valence-electron chi connectivity index (χ4n) is 1.44. The van der Waals surface area contributed by atoms with Gasteiger partial charge in [-0.2, -0.15) is 0 Å². The van der Waals surface area contributed by atoms with Gasteiger partial charge in [-0.1, -0.05) is 18.2 Å². The lowest BCUT2D eigenvalue weighted by Crippen LogP contribution is -2.03. The van der Waals surface area contributed by atoms with Crippen molar-refractivity contribution in [2.75, 3.05) is 0 Å². The molecule has 2 rings (SSSR count). The number of halogens is 1. The fourth-order valence-corrected chi connectivity index (χ4v) is 1.44. The van der Waals surface area contributed by atoms with Gasteiger partial charge in [0.25, 0.3) is 0 Å². The highest BCUT2D eigenvalue weighted by Crippen LogP contribution is 2.17. The zero-order chi connectivity index (χ0) is 10.8. The maximum Gasteiger partial charge on any atom is 0.337 e. The van der Waals surface area contributed by atoms with Crippen LogP contribution in [-0.4, -0.2) is 16.1 Å². The van der Waals surface area contributed by atoms with E-state index < -0.39 is 12.6 Å². The molecule has 0 aliphatic heterocycles. The van der Waals surface area contributed by atoms with Crippen molar-refractivity contribution in [1.82, 2.24) is 4.98 Å². The molecular formula is C11H8FNO2. The number of carboxylic acid groups (broad SMARTS) is 1. The number of aromatic carboxylic acids is 1. The van der Waals surface area contributed by atoms with Crippen LogP contribution in [0.15, 0.2) is 30.3 Å². The molecule has 0 fully saturated rings. The topological polar surface area (TPSA) is 50.2 Å². The van der Waals surface area contributed by atoms with E-state index in [0.29, 0.717) is 10.9 Å². The lowest BCUT2D eigenvalue weighted by molar-refractivity contribution is 0.0694. The Kier molecular flexibility index (Phi) is 2.33. The van der Waals surface area contributed by atoms with Gasteiger partial charge in [0, 0.05) is 5.39 Å². The van der Waals surface area contributed by atoms with E-state index in [1.165, 1.54) is 6.07 Å². The highest BCUT2D eigenvalue weighted by atomic mass is 19.1. The second kappa shape index (κ2) is 3.65. The molecule has 0 radical (unpaired) electrons. The molecule has 0 amide bonds. The Morgan fingerprint density at radius 1 is 1.40 bits per heavy atom. The lowest BCUT2D eigenvalue weighted by Gasteiger charge is -2.03. The van der Waals surface area contributed by atoms with Gasteiger partial charge >= 0.3 is 5.97 Å². The average Bonchev–Trinajstić information content (AvgIpc) is 2.27. The molecule has 0 aliphatic carbocycles. The highest BCUT2D eigenvalue weighted by molar-refractivity contribution is 5.93. The van der Waals surface area contributed by atoms with Crippen LogP contribution in [0, 0.1) is 0 Å². The quantitative estimate of drug-likeness (QED) is 0.818. The number of benzene rings is 1. The number of aromatic nitrogens is 1. The summed E-state index contributed by atoms with van der Waals surface area (Å²) < 4.78 is 12.5. The number of hydrogen-bond acceptors (Lipinski definition) is 2. The Hall–Kier alpha value is -1.97. The van der Waals surface area contributed by atoms with Crippen molar-refractivity contribution < 1.29 is 14.3 Å². The molecule has 0 saturated heterocycles. The number of hydrogen-bond donors (Lipinski definition) is 1. The van der Waals surface area contributed by atoms with Crippen LogP contribution in [0.4, 0.5) is 4.39 Å². The summed E-state index contributed by atoms with van der Waals surface area (Å²) in [6, 6.07) is 8.47. The molecule has 2 aromatic rings. The Balaban J connectivity index is 2.74. The van der Waals surface area contributed by atoms with Gasteiger partial charge in [0.1, 0.15) is 6.67 Å². The van der Waals surface area contributed by atoms with Crippen LogP contribution in [0.5, 0.6) is 0 Å². The first-order chi connectivity index (χ1) is 7.22. The third kappa shape index (κ3) is 1.66. The molecule has 0 saturated carbocycles. The van der Waals surface area contributed by atoms with Crippen molar-refractivity contribution in [3.8, 4) is 0 Å². The first kappa shape index (κ1) is 9.58. The van der Waals surface area contributed by atoms with Crippen LogP contribution in [-0.2, 0) is 6.67 Å². The molecular weight excluding hydrogens is 197 g/mol. The number of para-hydroxylation sites is 1. The number of nitrogens with zero attached hydrogens (tertiary/aromatic N) is 1. The van der Waals surface area contributed by atoms with Gasteiger partial charge in [-0.05, 0) is 12.1 Å². The molecule has 4 heteroatoms. The van der Waals surface area contributed by atoms with E-state index in [4.69, 9.17) is 5.11 Å². The molecule has 0 bridgehead atoms. The Morgan fingerprint density at radius 3 is 2.80 bits per heavy atom. The number of carboxylic acids is 1. The zero-order valence-corrected chi connectivity index (χ0v) is 7.77. The second-order valence-corrected chi connectivity index (χ2v) is 3.11. The third-order valence-electron chi connectivity index (χ3n) is 2.16. The van der Waals surface area contributed by atoms with E-state index in [1.807, 2.05) is 0 Å². The smallest absolute Gasteiger partial charge is 0.337 e. The molecule has 0 spiro atoms. The minimum atomic E-state index is -1.15. The number of alkyl halides is 1. The van der Waals surface area contributed by atoms with Gasteiger partial charge in [0.15, 0.2) is 0 Å². The summed E-state index contributed by atoms with van der Waals surface area (Å²) in [7, 11) is 0. The Labute approximate surface area is 85.2 Å². The van der Waals surface area contributed by atoms with E-state index >= 15 is 0 Å². The van der Waals surface area contributed by atoms with Crippen molar-refractivity contribution in [2.45, 2.75) is 6.67 Å². The maximum atomic E-state index is 12.5. The summed E-state index contributed by atoms with van der Waals surface area (Å²) in [5.74, 6) is -1.15. The van der Waals surface area contributed by atoms with E-state index in [-0.39, 0.29) is 11.3 Å². The normalized spacial score (nSPS) is 10.5. The van der Waals surface area contributed by atoms with E-state index in [9.17, 15) is 9.18 Å². The maximum absolute atomic E-state index is 12.5. The molecule has 0 atom stereocenters. The van der Waals surface area contributed by atoms with Crippen LogP contribution in [0.25, 0.3) is 10.9 Å². The predicted molar refractivity (Wildman–Crippen MR) is 53.5 cm³/mol. The van der Waals surface area contributed by atoms with E-state index in [2.05, 4.69) is 4.98 Å². The summed E-state index contributed by atoms with van der Waals surface area (Å²) in [6.45, 7) is -0.869. The van der Waals surface area contributed by atoms with Crippen LogP contribution in [0.3, 0.4) is 0 Å². The van der Waals surface area contributed by atoms with Crippen molar-refractivity contribution in [3.05, 3.63) is 41.6 Å². The SMILES string of the molecule is O=C(O)c1cc2ccccc2nc1CF. The molecule has 1 aromatic carbocycles. The van der Waals surface area contributed by atoms with Crippen molar-refractivity contribution in [2.24, 2.45) is 0 Å². The van der Waals surface area contributed by atoms with Crippen molar-refractivity contribution >= 4 is 16.9 Å². The molecule has 76 valence electrons. The van der Waals surface area contributed by atoms with Gasteiger partial charge in [-0.15, -0.1) is 0 Å². The molecule has 0 aliphatic rings. The summed E-state index contributed by atoms with van der Waals surface area (Å²) in [6.07, 6.45) is 0. The van der Waals surface area contributed by atoms with Crippen LogP contribution in [0.1, 0.15) is 16.1 Å². The number of pyridine rings is 1. The van der Waals surface area contributed by atoms with Gasteiger partial charge in [0.2, 0.25) is 0 Å². The summed E-state index contributed by atoms with van der Waals surface area (Å²) in [5, 5.41) is 9.55.